The van der Waals surface area contributed by atoms with E-state index in [2.05, 4.69) is 10.3 Å². The average molecular weight is 294 g/mol. The van der Waals surface area contributed by atoms with Gasteiger partial charge in [0.2, 0.25) is 0 Å². The topological polar surface area (TPSA) is 77.3 Å². The van der Waals surface area contributed by atoms with Crippen molar-refractivity contribution in [1.82, 2.24) is 4.98 Å². The minimum Gasteiger partial charge on any atom is -0.487 e. The molecule has 0 fully saturated rings. The molecular formula is C13H12ClN3O3. The maximum atomic E-state index is 10.6. The summed E-state index contributed by atoms with van der Waals surface area (Å²) < 4.78 is 5.52. The Morgan fingerprint density at radius 2 is 2.20 bits per heavy atom. The van der Waals surface area contributed by atoms with Crippen LogP contribution in [0, 0.1) is 10.1 Å². The number of nitrogens with one attached hydrogen (secondary N) is 1. The molecule has 0 aliphatic carbocycles. The molecule has 0 atom stereocenters. The number of pyridine rings is 1. The zero-order valence-corrected chi connectivity index (χ0v) is 11.4. The first kappa shape index (κ1) is 14.1. The quantitative estimate of drug-likeness (QED) is 0.676. The van der Waals surface area contributed by atoms with Gasteiger partial charge in [-0.05, 0) is 12.1 Å². The van der Waals surface area contributed by atoms with E-state index in [1.54, 1.807) is 13.2 Å². The molecule has 6 nitrogen and oxygen atoms in total. The van der Waals surface area contributed by atoms with Gasteiger partial charge in [-0.2, -0.15) is 0 Å². The van der Waals surface area contributed by atoms with Crippen LogP contribution in [0.15, 0.2) is 36.5 Å². The summed E-state index contributed by atoms with van der Waals surface area (Å²) in [7, 11) is 1.79. The van der Waals surface area contributed by atoms with Crippen molar-refractivity contribution >= 4 is 23.1 Å². The van der Waals surface area contributed by atoms with Crippen molar-refractivity contribution in [1.29, 1.82) is 0 Å². The van der Waals surface area contributed by atoms with Gasteiger partial charge in [0.25, 0.3) is 5.69 Å². The minimum absolute atomic E-state index is 0.0672. The van der Waals surface area contributed by atoms with E-state index < -0.39 is 4.92 Å². The first-order chi connectivity index (χ1) is 9.60. The number of nitro groups is 1. The van der Waals surface area contributed by atoms with Crippen LogP contribution in [0.25, 0.3) is 0 Å². The molecule has 0 bridgehead atoms. The molecular weight excluding hydrogens is 282 g/mol. The summed E-state index contributed by atoms with van der Waals surface area (Å²) in [6.07, 6.45) is 1.69. The summed E-state index contributed by atoms with van der Waals surface area (Å²) in [5.74, 6) is 1.16. The Kier molecular flexibility index (Phi) is 4.37. The first-order valence-electron chi connectivity index (χ1n) is 5.79. The number of benzene rings is 1. The normalized spacial score (nSPS) is 10.1. The van der Waals surface area contributed by atoms with Crippen LogP contribution in [-0.2, 0) is 6.61 Å². The van der Waals surface area contributed by atoms with Gasteiger partial charge < -0.3 is 10.1 Å². The number of rotatable bonds is 5. The smallest absolute Gasteiger partial charge is 0.271 e. The Labute approximate surface area is 120 Å². The van der Waals surface area contributed by atoms with Crippen molar-refractivity contribution in [2.75, 3.05) is 12.4 Å². The highest BCUT2D eigenvalue weighted by molar-refractivity contribution is 6.32. The molecule has 2 aromatic rings. The second-order valence-electron chi connectivity index (χ2n) is 3.96. The molecule has 1 heterocycles. The molecule has 0 saturated heterocycles. The molecule has 1 aromatic carbocycles. The highest BCUT2D eigenvalue weighted by Gasteiger charge is 2.10. The molecule has 0 radical (unpaired) electrons. The van der Waals surface area contributed by atoms with Gasteiger partial charge in [0.05, 0.1) is 9.95 Å². The molecule has 0 spiro atoms. The SMILES string of the molecule is CNc1ccc(COc2ccc([N+](=O)[O-])cc2Cl)cn1. The van der Waals surface area contributed by atoms with Crippen LogP contribution in [0.2, 0.25) is 5.02 Å². The third-order valence-corrected chi connectivity index (χ3v) is 2.90. The minimum atomic E-state index is -0.504. The Morgan fingerprint density at radius 3 is 2.75 bits per heavy atom. The van der Waals surface area contributed by atoms with Crippen molar-refractivity contribution in [3.8, 4) is 5.75 Å². The molecule has 104 valence electrons. The maximum absolute atomic E-state index is 10.6. The highest BCUT2D eigenvalue weighted by Crippen LogP contribution is 2.29. The van der Waals surface area contributed by atoms with Gasteiger partial charge in [-0.15, -0.1) is 0 Å². The fourth-order valence-electron chi connectivity index (χ4n) is 1.54. The van der Waals surface area contributed by atoms with Crippen molar-refractivity contribution in [3.05, 3.63) is 57.2 Å². The lowest BCUT2D eigenvalue weighted by Gasteiger charge is -2.08. The number of hydrogen-bond donors (Lipinski definition) is 1. The fraction of sp³-hybridized carbons (Fsp3) is 0.154. The van der Waals surface area contributed by atoms with Gasteiger partial charge in [-0.25, -0.2) is 4.98 Å². The van der Waals surface area contributed by atoms with E-state index in [-0.39, 0.29) is 17.3 Å². The van der Waals surface area contributed by atoms with Crippen molar-refractivity contribution in [2.24, 2.45) is 0 Å². The number of hydrogen-bond acceptors (Lipinski definition) is 5. The lowest BCUT2D eigenvalue weighted by molar-refractivity contribution is -0.384. The summed E-state index contributed by atoms with van der Waals surface area (Å²) in [6.45, 7) is 0.286. The monoisotopic (exact) mass is 293 g/mol. The standard InChI is InChI=1S/C13H12ClN3O3/c1-15-13-5-2-9(7-16-13)8-20-12-4-3-10(17(18)19)6-11(12)14/h2-7H,8H2,1H3,(H,15,16). The predicted molar refractivity (Wildman–Crippen MR) is 76.2 cm³/mol. The Balaban J connectivity index is 2.04. The third kappa shape index (κ3) is 3.36. The number of aromatic nitrogens is 1. The van der Waals surface area contributed by atoms with Crippen molar-refractivity contribution < 1.29 is 9.66 Å². The van der Waals surface area contributed by atoms with Crippen LogP contribution in [0.4, 0.5) is 11.5 Å². The second kappa shape index (κ2) is 6.21. The van der Waals surface area contributed by atoms with E-state index in [9.17, 15) is 10.1 Å². The zero-order chi connectivity index (χ0) is 14.5. The van der Waals surface area contributed by atoms with Crippen LogP contribution in [-0.4, -0.2) is 17.0 Å². The van der Waals surface area contributed by atoms with E-state index in [1.165, 1.54) is 18.2 Å². The van der Waals surface area contributed by atoms with Crippen LogP contribution >= 0.6 is 11.6 Å². The average Bonchev–Trinajstić information content (AvgIpc) is 2.46. The first-order valence-corrected chi connectivity index (χ1v) is 6.17. The number of nitrogens with zero attached hydrogens (tertiary/aromatic N) is 2. The molecule has 1 aromatic heterocycles. The summed E-state index contributed by atoms with van der Waals surface area (Å²) in [6, 6.07) is 7.80. The van der Waals surface area contributed by atoms with Crippen LogP contribution in [0.3, 0.4) is 0 Å². The predicted octanol–water partition coefficient (Wildman–Crippen LogP) is 3.26. The molecule has 20 heavy (non-hydrogen) atoms. The van der Waals surface area contributed by atoms with Gasteiger partial charge >= 0.3 is 0 Å². The Bertz CT molecular complexity index is 617. The van der Waals surface area contributed by atoms with Gasteiger partial charge in [0.1, 0.15) is 18.2 Å². The van der Waals surface area contributed by atoms with E-state index in [4.69, 9.17) is 16.3 Å². The van der Waals surface area contributed by atoms with E-state index in [0.29, 0.717) is 5.75 Å². The van der Waals surface area contributed by atoms with Crippen molar-refractivity contribution in [2.45, 2.75) is 6.61 Å². The third-order valence-electron chi connectivity index (χ3n) is 2.60. The lowest BCUT2D eigenvalue weighted by Crippen LogP contribution is -1.98. The molecule has 1 N–H and O–H groups in total. The largest absolute Gasteiger partial charge is 0.487 e. The van der Waals surface area contributed by atoms with E-state index in [1.807, 2.05) is 12.1 Å². The van der Waals surface area contributed by atoms with Crippen LogP contribution < -0.4 is 10.1 Å². The summed E-state index contributed by atoms with van der Waals surface area (Å²) in [5.41, 5.74) is 0.806. The number of nitro benzene ring substituents is 1. The number of ether oxygens (including phenoxy) is 1. The van der Waals surface area contributed by atoms with Gasteiger partial charge in [0.15, 0.2) is 0 Å². The number of halogens is 1. The van der Waals surface area contributed by atoms with Crippen LogP contribution in [0.5, 0.6) is 5.75 Å². The molecule has 0 aliphatic heterocycles. The molecule has 2 rings (SSSR count). The second-order valence-corrected chi connectivity index (χ2v) is 4.37. The number of non-ortho nitro benzene ring substituents is 1. The number of anilines is 1. The van der Waals surface area contributed by atoms with Crippen molar-refractivity contribution in [3.63, 3.8) is 0 Å². The highest BCUT2D eigenvalue weighted by atomic mass is 35.5. The van der Waals surface area contributed by atoms with Gasteiger partial charge in [-0.3, -0.25) is 10.1 Å². The van der Waals surface area contributed by atoms with Gasteiger partial charge in [-0.1, -0.05) is 17.7 Å². The fourth-order valence-corrected chi connectivity index (χ4v) is 1.77. The van der Waals surface area contributed by atoms with Gasteiger partial charge in [0, 0.05) is 30.9 Å². The lowest BCUT2D eigenvalue weighted by atomic mass is 10.3. The molecule has 0 saturated carbocycles. The van der Waals surface area contributed by atoms with Crippen LogP contribution in [0.1, 0.15) is 5.56 Å². The molecule has 7 heteroatoms. The Hall–Kier alpha value is -2.34. The summed E-state index contributed by atoms with van der Waals surface area (Å²) >= 11 is 5.93. The molecule has 0 aliphatic rings. The zero-order valence-electron chi connectivity index (χ0n) is 10.7. The molecule has 0 amide bonds. The van der Waals surface area contributed by atoms with E-state index >= 15 is 0 Å². The summed E-state index contributed by atoms with van der Waals surface area (Å²) in [5, 5.41) is 13.7. The van der Waals surface area contributed by atoms with E-state index in [0.717, 1.165) is 11.4 Å². The summed E-state index contributed by atoms with van der Waals surface area (Å²) in [4.78, 5) is 14.2. The molecule has 0 unspecified atom stereocenters. The maximum Gasteiger partial charge on any atom is 0.271 e. The Morgan fingerprint density at radius 1 is 1.40 bits per heavy atom.